The molecule has 246 valence electrons. The van der Waals surface area contributed by atoms with Gasteiger partial charge in [-0.2, -0.15) is 0 Å². The predicted molar refractivity (Wildman–Crippen MR) is 212 cm³/mol. The molecule has 1 aliphatic heterocycles. The monoisotopic (exact) mass is 676 g/mol. The van der Waals surface area contributed by atoms with Crippen LogP contribution in [-0.4, -0.2) is 18.0 Å². The van der Waals surface area contributed by atoms with Gasteiger partial charge in [0, 0.05) is 11.1 Å². The fourth-order valence-electron chi connectivity index (χ4n) is 7.74. The van der Waals surface area contributed by atoms with Gasteiger partial charge < -0.3 is 8.83 Å². The highest BCUT2D eigenvalue weighted by atomic mass is 28.3. The van der Waals surface area contributed by atoms with Crippen LogP contribution in [0.15, 0.2) is 154 Å². The molecule has 8 aromatic rings. The van der Waals surface area contributed by atoms with Crippen molar-refractivity contribution in [3.63, 3.8) is 0 Å². The van der Waals surface area contributed by atoms with Gasteiger partial charge in [-0.3, -0.25) is 0 Å². The molecule has 0 fully saturated rings. The van der Waals surface area contributed by atoms with Crippen LogP contribution < -0.4 is 0 Å². The molecule has 9 rings (SSSR count). The second kappa shape index (κ2) is 12.1. The molecule has 0 atom stereocenters. The molecule has 4 nitrogen and oxygen atoms in total. The Balaban J connectivity index is 1.23. The largest absolute Gasteiger partial charge is 0.436 e. The van der Waals surface area contributed by atoms with Gasteiger partial charge >= 0.3 is 0 Å². The highest BCUT2D eigenvalue weighted by Crippen LogP contribution is 2.56. The van der Waals surface area contributed by atoms with Gasteiger partial charge in [-0.1, -0.05) is 121 Å². The number of allylic oxidation sites excluding steroid dienone is 2. The molecule has 0 aliphatic carbocycles. The van der Waals surface area contributed by atoms with E-state index in [-0.39, 0.29) is 0 Å². The van der Waals surface area contributed by atoms with Crippen LogP contribution >= 0.6 is 0 Å². The van der Waals surface area contributed by atoms with Crippen molar-refractivity contribution in [1.82, 2.24) is 9.97 Å². The molecule has 3 heterocycles. The number of hydrogen-bond acceptors (Lipinski definition) is 4. The Hall–Kier alpha value is -6.04. The van der Waals surface area contributed by atoms with Crippen molar-refractivity contribution in [2.45, 2.75) is 26.9 Å². The molecule has 51 heavy (non-hydrogen) atoms. The average molecular weight is 677 g/mol. The van der Waals surface area contributed by atoms with Gasteiger partial charge in [0.25, 0.3) is 0 Å². The van der Waals surface area contributed by atoms with Gasteiger partial charge in [-0.15, -0.1) is 0 Å². The summed E-state index contributed by atoms with van der Waals surface area (Å²) in [6.45, 7) is 9.36. The first kappa shape index (κ1) is 31.0. The number of rotatable bonds is 6. The molecule has 0 spiro atoms. The van der Waals surface area contributed by atoms with E-state index in [2.05, 4.69) is 124 Å². The molecule has 2 aromatic heterocycles. The van der Waals surface area contributed by atoms with Crippen molar-refractivity contribution in [3.8, 4) is 22.9 Å². The number of oxazole rings is 2. The Kier molecular flexibility index (Phi) is 7.33. The second-order valence-electron chi connectivity index (χ2n) is 14.0. The van der Waals surface area contributed by atoms with Crippen molar-refractivity contribution in [2.24, 2.45) is 0 Å². The summed E-state index contributed by atoms with van der Waals surface area (Å²) in [4.78, 5) is 9.55. The van der Waals surface area contributed by atoms with Gasteiger partial charge in [0.05, 0.1) is 0 Å². The number of fused-ring (bicyclic) bond motifs is 2. The molecule has 5 heteroatoms. The summed E-state index contributed by atoms with van der Waals surface area (Å²) >= 11 is 0. The quantitative estimate of drug-likeness (QED) is 0.165. The fourth-order valence-corrected chi connectivity index (χ4v) is 11.6. The van der Waals surface area contributed by atoms with Crippen LogP contribution in [0.1, 0.15) is 33.4 Å². The van der Waals surface area contributed by atoms with E-state index in [0.29, 0.717) is 11.8 Å². The molecule has 1 aliphatic rings. The smallest absolute Gasteiger partial charge is 0.227 e. The maximum absolute atomic E-state index is 6.15. The standard InChI is InChI=1S/C46H36N2O2Si/c1-29-11-9-13-35(27-29)41-42(36-14-10-12-30(2)28-36)44(32-21-25-34(26-22-32)46-48-38-16-6-8-18-40(38)50-46)51(3,4)43(41)31-19-23-33(24-20-31)45-47-37-15-5-7-17-39(37)49-45/h5-28H,1-4H3. The van der Waals surface area contributed by atoms with E-state index >= 15 is 0 Å². The zero-order valence-corrected chi connectivity index (χ0v) is 30.1. The van der Waals surface area contributed by atoms with Crippen molar-refractivity contribution >= 4 is 51.8 Å². The molecule has 0 radical (unpaired) electrons. The van der Waals surface area contributed by atoms with Crippen molar-refractivity contribution in [1.29, 1.82) is 0 Å². The highest BCUT2D eigenvalue weighted by molar-refractivity contribution is 7.13. The number of aryl methyl sites for hydroxylation is 2. The third kappa shape index (κ3) is 5.38. The third-order valence-corrected chi connectivity index (χ3v) is 13.6. The van der Waals surface area contributed by atoms with Crippen LogP contribution in [0.2, 0.25) is 13.1 Å². The summed E-state index contributed by atoms with van der Waals surface area (Å²) in [5.74, 6) is 1.27. The Morgan fingerprint density at radius 2 is 0.804 bits per heavy atom. The highest BCUT2D eigenvalue weighted by Gasteiger charge is 2.44. The van der Waals surface area contributed by atoms with Gasteiger partial charge in [-0.25, -0.2) is 9.97 Å². The van der Waals surface area contributed by atoms with Crippen LogP contribution in [0, 0.1) is 13.8 Å². The van der Waals surface area contributed by atoms with Gasteiger partial charge in [-0.05, 0) is 106 Å². The Labute approximate surface area is 298 Å². The Morgan fingerprint density at radius 1 is 0.412 bits per heavy atom. The van der Waals surface area contributed by atoms with E-state index < -0.39 is 8.07 Å². The first-order chi connectivity index (χ1) is 24.8. The third-order valence-electron chi connectivity index (χ3n) is 10.0. The second-order valence-corrected chi connectivity index (χ2v) is 18.2. The number of para-hydroxylation sites is 4. The maximum atomic E-state index is 6.15. The summed E-state index contributed by atoms with van der Waals surface area (Å²) in [5, 5.41) is 2.85. The maximum Gasteiger partial charge on any atom is 0.227 e. The minimum Gasteiger partial charge on any atom is -0.436 e. The topological polar surface area (TPSA) is 52.1 Å². The van der Waals surface area contributed by atoms with Crippen LogP contribution in [0.4, 0.5) is 0 Å². The van der Waals surface area contributed by atoms with E-state index in [4.69, 9.17) is 18.8 Å². The van der Waals surface area contributed by atoms with E-state index in [0.717, 1.165) is 33.3 Å². The van der Waals surface area contributed by atoms with Gasteiger partial charge in [0.1, 0.15) is 19.1 Å². The minimum atomic E-state index is -2.37. The van der Waals surface area contributed by atoms with Crippen LogP contribution in [0.5, 0.6) is 0 Å². The Morgan fingerprint density at radius 3 is 1.20 bits per heavy atom. The summed E-state index contributed by atoms with van der Waals surface area (Å²) in [5.41, 5.74) is 15.3. The summed E-state index contributed by atoms with van der Waals surface area (Å²) in [6, 6.07) is 51.5. The van der Waals surface area contributed by atoms with Crippen molar-refractivity contribution in [2.75, 3.05) is 0 Å². The number of hydrogen-bond donors (Lipinski definition) is 0. The number of benzene rings is 6. The lowest BCUT2D eigenvalue weighted by Gasteiger charge is -2.26. The number of aromatic nitrogens is 2. The molecule has 0 amide bonds. The molecule has 6 aromatic carbocycles. The minimum absolute atomic E-state index is 0.636. The van der Waals surface area contributed by atoms with E-state index in [9.17, 15) is 0 Å². The van der Waals surface area contributed by atoms with Gasteiger partial charge in [0.15, 0.2) is 11.2 Å². The first-order valence-electron chi connectivity index (χ1n) is 17.4. The average Bonchev–Trinajstić information content (AvgIpc) is 3.84. The lowest BCUT2D eigenvalue weighted by Crippen LogP contribution is -2.28. The molecular weight excluding hydrogens is 641 g/mol. The van der Waals surface area contributed by atoms with E-state index in [1.165, 1.54) is 54.9 Å². The molecule has 0 saturated heterocycles. The van der Waals surface area contributed by atoms with Gasteiger partial charge in [0.2, 0.25) is 11.8 Å². The zero-order chi connectivity index (χ0) is 34.7. The van der Waals surface area contributed by atoms with Crippen molar-refractivity contribution < 1.29 is 8.83 Å². The lowest BCUT2D eigenvalue weighted by molar-refractivity contribution is 0.619. The SMILES string of the molecule is Cc1cccc(C2=C(c3ccc(-c4nc5ccccc5o4)cc3)[Si](C)(C)C(c3ccc(-c4nc5ccccc5o4)cc3)=C2c2cccc(C)c2)c1. The van der Waals surface area contributed by atoms with Crippen LogP contribution in [0.25, 0.3) is 66.6 Å². The van der Waals surface area contributed by atoms with Crippen LogP contribution in [-0.2, 0) is 0 Å². The summed E-state index contributed by atoms with van der Waals surface area (Å²) in [6.07, 6.45) is 0. The molecule has 0 N–H and O–H groups in total. The molecule has 0 unspecified atom stereocenters. The molecule has 0 bridgehead atoms. The normalized spacial score (nSPS) is 14.3. The summed E-state index contributed by atoms with van der Waals surface area (Å²) < 4.78 is 12.3. The number of nitrogens with zero attached hydrogens (tertiary/aromatic N) is 2. The predicted octanol–water partition coefficient (Wildman–Crippen LogP) is 12.2. The summed E-state index contributed by atoms with van der Waals surface area (Å²) in [7, 11) is -2.37. The Bertz CT molecular complexity index is 2420. The first-order valence-corrected chi connectivity index (χ1v) is 20.4. The van der Waals surface area contributed by atoms with Crippen LogP contribution in [0.3, 0.4) is 0 Å². The molecular formula is C46H36N2O2Si. The zero-order valence-electron chi connectivity index (χ0n) is 29.1. The fraction of sp³-hybridized carbons (Fsp3) is 0.0870. The lowest BCUT2D eigenvalue weighted by atomic mass is 9.88. The van der Waals surface area contributed by atoms with Crippen molar-refractivity contribution in [3.05, 3.63) is 179 Å². The van der Waals surface area contributed by atoms with E-state index in [1.54, 1.807) is 0 Å². The van der Waals surface area contributed by atoms with E-state index in [1.807, 2.05) is 48.5 Å². The molecule has 0 saturated carbocycles.